The Hall–Kier alpha value is -2.09. The van der Waals surface area contributed by atoms with Gasteiger partial charge in [-0.25, -0.2) is 4.98 Å². The second kappa shape index (κ2) is 5.12. The molecule has 1 aliphatic heterocycles. The zero-order valence-electron chi connectivity index (χ0n) is 10.7. The lowest BCUT2D eigenvalue weighted by Crippen LogP contribution is -2.13. The van der Waals surface area contributed by atoms with E-state index in [1.165, 1.54) is 11.3 Å². The summed E-state index contributed by atoms with van der Waals surface area (Å²) in [4.78, 5) is 6.38. The number of fused-ring (bicyclic) bond motifs is 1. The van der Waals surface area contributed by atoms with Crippen LogP contribution in [-0.2, 0) is 0 Å². The van der Waals surface area contributed by atoms with Crippen molar-refractivity contribution in [2.24, 2.45) is 0 Å². The third kappa shape index (κ3) is 2.22. The number of hydrogen-bond acceptors (Lipinski definition) is 4. The number of likely N-dealkylation sites (N-methyl/N-ethyl adjacent to an activating group) is 1. The van der Waals surface area contributed by atoms with E-state index in [9.17, 15) is 5.26 Å². The van der Waals surface area contributed by atoms with Gasteiger partial charge in [0, 0.05) is 13.2 Å². The first kappa shape index (κ1) is 12.9. The number of halogens is 1. The van der Waals surface area contributed by atoms with Crippen molar-refractivity contribution in [3.05, 3.63) is 58.4 Å². The maximum absolute atomic E-state index is 9.49. The van der Waals surface area contributed by atoms with E-state index in [1.807, 2.05) is 42.3 Å². The molecule has 0 radical (unpaired) electrons. The summed E-state index contributed by atoms with van der Waals surface area (Å²) in [7, 11) is 1.87. The molecule has 2 aromatic rings. The highest BCUT2D eigenvalue weighted by atomic mass is 35.5. The maximum atomic E-state index is 9.49. The van der Waals surface area contributed by atoms with Gasteiger partial charge in [-0.2, -0.15) is 5.26 Å². The molecule has 0 saturated heterocycles. The summed E-state index contributed by atoms with van der Waals surface area (Å²) < 4.78 is 1.08. The highest BCUT2D eigenvalue weighted by Gasteiger charge is 2.16. The van der Waals surface area contributed by atoms with E-state index in [2.05, 4.69) is 11.1 Å². The first-order chi connectivity index (χ1) is 9.69. The van der Waals surface area contributed by atoms with Crippen LogP contribution in [0.1, 0.15) is 5.01 Å². The number of benzene rings is 1. The minimum absolute atomic E-state index is 0.561. The summed E-state index contributed by atoms with van der Waals surface area (Å²) in [5.41, 5.74) is 2.28. The summed E-state index contributed by atoms with van der Waals surface area (Å²) in [6.45, 7) is 0. The van der Waals surface area contributed by atoms with Crippen LogP contribution in [0.2, 0.25) is 0 Å². The minimum Gasteiger partial charge on any atom is -0.348 e. The first-order valence-corrected chi connectivity index (χ1v) is 7.17. The van der Waals surface area contributed by atoms with E-state index in [0.29, 0.717) is 10.6 Å². The molecule has 0 aliphatic carbocycles. The predicted octanol–water partition coefficient (Wildman–Crippen LogP) is 4.11. The van der Waals surface area contributed by atoms with E-state index < -0.39 is 0 Å². The monoisotopic (exact) mass is 299 g/mol. The zero-order valence-corrected chi connectivity index (χ0v) is 12.2. The molecule has 3 nitrogen and oxygen atoms in total. The number of rotatable bonds is 1. The van der Waals surface area contributed by atoms with Gasteiger partial charge in [0.25, 0.3) is 0 Å². The lowest BCUT2D eigenvalue weighted by Gasteiger charge is -2.20. The third-order valence-corrected chi connectivity index (χ3v) is 4.25. The lowest BCUT2D eigenvalue weighted by molar-refractivity contribution is 0.585. The summed E-state index contributed by atoms with van der Waals surface area (Å²) in [6, 6.07) is 10.1. The van der Waals surface area contributed by atoms with Gasteiger partial charge in [0.1, 0.15) is 16.6 Å². The van der Waals surface area contributed by atoms with Crippen molar-refractivity contribution < 1.29 is 0 Å². The molecular weight excluding hydrogens is 290 g/mol. The van der Waals surface area contributed by atoms with Crippen LogP contribution in [0.25, 0.3) is 15.8 Å². The molecule has 3 rings (SSSR count). The molecule has 0 atom stereocenters. The highest BCUT2D eigenvalue weighted by molar-refractivity contribution is 7.19. The normalized spacial score (nSPS) is 17.1. The van der Waals surface area contributed by atoms with Gasteiger partial charge >= 0.3 is 0 Å². The van der Waals surface area contributed by atoms with Crippen LogP contribution in [0.4, 0.5) is 0 Å². The van der Waals surface area contributed by atoms with Gasteiger partial charge in [0.2, 0.25) is 0 Å². The summed E-state index contributed by atoms with van der Waals surface area (Å²) in [5, 5.41) is 10.9. The van der Waals surface area contributed by atoms with Crippen LogP contribution in [-0.4, -0.2) is 16.9 Å². The predicted molar refractivity (Wildman–Crippen MR) is 83.0 cm³/mol. The van der Waals surface area contributed by atoms with Gasteiger partial charge < -0.3 is 4.90 Å². The smallest absolute Gasteiger partial charge is 0.137 e. The number of aromatic nitrogens is 1. The van der Waals surface area contributed by atoms with Crippen LogP contribution < -0.4 is 0 Å². The summed E-state index contributed by atoms with van der Waals surface area (Å²) in [5.74, 6) is 0. The fraction of sp³-hybridized carbons (Fsp3) is 0.0667. The van der Waals surface area contributed by atoms with Gasteiger partial charge in [0.05, 0.1) is 20.9 Å². The van der Waals surface area contributed by atoms with Gasteiger partial charge in [-0.1, -0.05) is 23.7 Å². The third-order valence-electron chi connectivity index (χ3n) is 2.97. The van der Waals surface area contributed by atoms with Crippen LogP contribution in [0.15, 0.2) is 53.3 Å². The van der Waals surface area contributed by atoms with E-state index in [4.69, 9.17) is 11.6 Å². The zero-order chi connectivity index (χ0) is 14.1. The number of allylic oxidation sites excluding steroid dienone is 4. The number of nitrogens with zero attached hydrogens (tertiary/aromatic N) is 3. The molecule has 1 aromatic heterocycles. The van der Waals surface area contributed by atoms with Crippen molar-refractivity contribution in [3.8, 4) is 6.07 Å². The van der Waals surface area contributed by atoms with Crippen molar-refractivity contribution in [3.63, 3.8) is 0 Å². The lowest BCUT2D eigenvalue weighted by atomic mass is 10.1. The molecule has 0 unspecified atom stereocenters. The van der Waals surface area contributed by atoms with Crippen molar-refractivity contribution in [2.75, 3.05) is 7.05 Å². The van der Waals surface area contributed by atoms with E-state index in [1.54, 1.807) is 12.3 Å². The van der Waals surface area contributed by atoms with Crippen molar-refractivity contribution >= 4 is 38.7 Å². The van der Waals surface area contributed by atoms with Crippen LogP contribution in [0.5, 0.6) is 0 Å². The summed E-state index contributed by atoms with van der Waals surface area (Å²) >= 11 is 7.47. The molecule has 1 aromatic carbocycles. The molecule has 5 heteroatoms. The molecule has 2 heterocycles. The molecule has 0 amide bonds. The van der Waals surface area contributed by atoms with Gasteiger partial charge in [0.15, 0.2) is 0 Å². The van der Waals surface area contributed by atoms with Gasteiger partial charge in [-0.05, 0) is 24.3 Å². The second-order valence-corrected chi connectivity index (χ2v) is 5.78. The van der Waals surface area contributed by atoms with E-state index in [0.717, 1.165) is 20.9 Å². The Kier molecular flexibility index (Phi) is 3.31. The molecule has 1 aliphatic rings. The highest BCUT2D eigenvalue weighted by Crippen LogP contribution is 2.31. The largest absolute Gasteiger partial charge is 0.348 e. The molecule has 0 saturated carbocycles. The fourth-order valence-corrected chi connectivity index (χ4v) is 3.21. The Morgan fingerprint density at radius 2 is 2.15 bits per heavy atom. The van der Waals surface area contributed by atoms with E-state index in [-0.39, 0.29) is 0 Å². The number of thiazole rings is 1. The molecule has 0 bridgehead atoms. The Morgan fingerprint density at radius 3 is 2.85 bits per heavy atom. The van der Waals surface area contributed by atoms with Crippen molar-refractivity contribution in [1.82, 2.24) is 9.88 Å². The van der Waals surface area contributed by atoms with Gasteiger partial charge in [-0.15, -0.1) is 11.3 Å². The Labute approximate surface area is 125 Å². The van der Waals surface area contributed by atoms with Crippen LogP contribution in [0.3, 0.4) is 0 Å². The molecule has 0 spiro atoms. The quantitative estimate of drug-likeness (QED) is 0.744. The Balaban J connectivity index is 2.15. The average molecular weight is 300 g/mol. The van der Waals surface area contributed by atoms with E-state index >= 15 is 0 Å². The topological polar surface area (TPSA) is 39.9 Å². The number of hydrogen-bond donors (Lipinski definition) is 0. The summed E-state index contributed by atoms with van der Waals surface area (Å²) in [6.07, 6.45) is 5.40. The molecule has 0 N–H and O–H groups in total. The van der Waals surface area contributed by atoms with Gasteiger partial charge in [-0.3, -0.25) is 0 Å². The molecule has 0 fully saturated rings. The molecular formula is C15H10ClN3S. The first-order valence-electron chi connectivity index (χ1n) is 5.97. The molecule has 98 valence electrons. The SMILES string of the molecule is CN1C=C(Cl)C=CC1=C(C#N)c1nc2ccccc2s1. The second-order valence-electron chi connectivity index (χ2n) is 4.32. The fourth-order valence-electron chi connectivity index (χ4n) is 2.03. The number of para-hydroxylation sites is 1. The van der Waals surface area contributed by atoms with Crippen LogP contribution in [0, 0.1) is 11.3 Å². The van der Waals surface area contributed by atoms with Crippen molar-refractivity contribution in [2.45, 2.75) is 0 Å². The Morgan fingerprint density at radius 1 is 1.35 bits per heavy atom. The standard InChI is InChI=1S/C15H10ClN3S/c1-19-9-10(16)6-7-13(19)11(8-17)15-18-12-4-2-3-5-14(12)20-15/h2-7,9H,1H3. The Bertz CT molecular complexity index is 775. The number of nitriles is 1. The average Bonchev–Trinajstić information content (AvgIpc) is 2.85. The minimum atomic E-state index is 0.561. The maximum Gasteiger partial charge on any atom is 0.137 e. The molecule has 20 heavy (non-hydrogen) atoms. The van der Waals surface area contributed by atoms with Crippen molar-refractivity contribution in [1.29, 1.82) is 5.26 Å². The van der Waals surface area contributed by atoms with Crippen LogP contribution >= 0.6 is 22.9 Å².